The molecule has 0 spiro atoms. The second kappa shape index (κ2) is 8.66. The molecule has 0 aliphatic carbocycles. The van der Waals surface area contributed by atoms with Gasteiger partial charge in [-0.15, -0.1) is 0 Å². The van der Waals surface area contributed by atoms with Crippen LogP contribution in [0.3, 0.4) is 0 Å². The van der Waals surface area contributed by atoms with Crippen LogP contribution in [0.5, 0.6) is 5.88 Å². The van der Waals surface area contributed by atoms with Gasteiger partial charge >= 0.3 is 5.97 Å². The number of pyridine rings is 1. The number of aromatic nitrogens is 3. The highest BCUT2D eigenvalue weighted by molar-refractivity contribution is 6.30. The Morgan fingerprint density at radius 2 is 2.07 bits per heavy atom. The van der Waals surface area contributed by atoms with Crippen molar-refractivity contribution >= 4 is 17.6 Å². The van der Waals surface area contributed by atoms with Crippen LogP contribution >= 0.6 is 11.6 Å². The number of rotatable bonds is 8. The first-order chi connectivity index (χ1) is 13.1. The van der Waals surface area contributed by atoms with Gasteiger partial charge in [0.15, 0.2) is 5.82 Å². The minimum Gasteiger partial charge on any atom is -0.478 e. The van der Waals surface area contributed by atoms with Crippen LogP contribution in [0.1, 0.15) is 21.5 Å². The Kier molecular flexibility index (Phi) is 6.05. The first kappa shape index (κ1) is 18.9. The minimum absolute atomic E-state index is 0.135. The van der Waals surface area contributed by atoms with Crippen molar-refractivity contribution < 1.29 is 14.6 Å². The van der Waals surface area contributed by atoms with Gasteiger partial charge in [-0.1, -0.05) is 23.7 Å². The number of nitrogens with zero attached hydrogens (tertiary/aromatic N) is 3. The first-order valence-electron chi connectivity index (χ1n) is 8.37. The lowest BCUT2D eigenvalue weighted by Crippen LogP contribution is -2.12. The van der Waals surface area contributed by atoms with E-state index in [1.165, 1.54) is 23.0 Å². The second-order valence-electron chi connectivity index (χ2n) is 5.86. The van der Waals surface area contributed by atoms with Crippen molar-refractivity contribution in [1.82, 2.24) is 20.1 Å². The van der Waals surface area contributed by atoms with Crippen LogP contribution in [0.2, 0.25) is 5.02 Å². The molecule has 27 heavy (non-hydrogen) atoms. The third kappa shape index (κ3) is 4.64. The molecule has 0 unspecified atom stereocenters. The smallest absolute Gasteiger partial charge is 0.335 e. The summed E-state index contributed by atoms with van der Waals surface area (Å²) >= 11 is 5.92. The first-order valence-corrected chi connectivity index (χ1v) is 8.74. The molecule has 2 N–H and O–H groups in total. The van der Waals surface area contributed by atoms with Crippen molar-refractivity contribution in [3.05, 3.63) is 70.5 Å². The Morgan fingerprint density at radius 1 is 1.30 bits per heavy atom. The quantitative estimate of drug-likeness (QED) is 0.618. The highest BCUT2D eigenvalue weighted by Gasteiger charge is 2.16. The zero-order valence-corrected chi connectivity index (χ0v) is 15.5. The molecule has 140 valence electrons. The summed E-state index contributed by atoms with van der Waals surface area (Å²) in [5, 5.41) is 17.3. The summed E-state index contributed by atoms with van der Waals surface area (Å²) in [6, 6.07) is 10.3. The van der Waals surface area contributed by atoms with E-state index >= 15 is 0 Å². The predicted molar refractivity (Wildman–Crippen MR) is 102 cm³/mol. The van der Waals surface area contributed by atoms with E-state index < -0.39 is 5.97 Å². The van der Waals surface area contributed by atoms with Crippen LogP contribution < -0.4 is 10.1 Å². The maximum absolute atomic E-state index is 11.2. The zero-order valence-electron chi connectivity index (χ0n) is 14.7. The molecule has 0 amide bonds. The Hall–Kier alpha value is -2.90. The lowest BCUT2D eigenvalue weighted by atomic mass is 10.2. The molecule has 1 aromatic carbocycles. The fourth-order valence-corrected chi connectivity index (χ4v) is 2.64. The van der Waals surface area contributed by atoms with Gasteiger partial charge < -0.3 is 15.2 Å². The van der Waals surface area contributed by atoms with E-state index in [4.69, 9.17) is 16.3 Å². The fraction of sp³-hybridized carbons (Fsp3) is 0.211. The Morgan fingerprint density at radius 3 is 2.78 bits per heavy atom. The number of likely N-dealkylation sites (N-methyl/N-ethyl adjacent to an activating group) is 1. The summed E-state index contributed by atoms with van der Waals surface area (Å²) in [5.41, 5.74) is 2.00. The van der Waals surface area contributed by atoms with Crippen LogP contribution in [0.4, 0.5) is 0 Å². The average Bonchev–Trinajstić information content (AvgIpc) is 3.08. The van der Waals surface area contributed by atoms with Crippen molar-refractivity contribution in [3.63, 3.8) is 0 Å². The molecule has 0 fully saturated rings. The molecule has 3 aromatic rings. The summed E-state index contributed by atoms with van der Waals surface area (Å²) in [6.45, 7) is 1.08. The molecule has 0 saturated heterocycles. The molecule has 8 heteroatoms. The third-order valence-electron chi connectivity index (χ3n) is 3.94. The Labute approximate surface area is 161 Å². The molecular weight excluding hydrogens is 368 g/mol. The molecule has 0 radical (unpaired) electrons. The molecule has 0 atom stereocenters. The number of benzene rings is 1. The second-order valence-corrected chi connectivity index (χ2v) is 6.30. The van der Waals surface area contributed by atoms with E-state index in [0.717, 1.165) is 17.7 Å². The number of hydrogen-bond donors (Lipinski definition) is 2. The maximum atomic E-state index is 11.2. The molecule has 7 nitrogen and oxygen atoms in total. The lowest BCUT2D eigenvalue weighted by molar-refractivity contribution is 0.0696. The van der Waals surface area contributed by atoms with Gasteiger partial charge in [-0.25, -0.2) is 9.78 Å². The number of carbonyl (C=O) groups is 1. The van der Waals surface area contributed by atoms with Gasteiger partial charge in [0.05, 0.1) is 11.8 Å². The highest BCUT2D eigenvalue weighted by Crippen LogP contribution is 2.24. The largest absolute Gasteiger partial charge is 0.478 e. The van der Waals surface area contributed by atoms with Crippen molar-refractivity contribution in [1.29, 1.82) is 0 Å². The molecule has 2 aromatic heterocycles. The van der Waals surface area contributed by atoms with Gasteiger partial charge in [-0.05, 0) is 49.8 Å². The van der Waals surface area contributed by atoms with Gasteiger partial charge in [-0.2, -0.15) is 9.78 Å². The van der Waals surface area contributed by atoms with Gasteiger partial charge in [0.25, 0.3) is 0 Å². The number of halogens is 1. The van der Waals surface area contributed by atoms with Crippen LogP contribution in [0.25, 0.3) is 5.82 Å². The predicted octanol–water partition coefficient (Wildman–Crippen LogP) is 2.96. The summed E-state index contributed by atoms with van der Waals surface area (Å²) < 4.78 is 7.55. The summed E-state index contributed by atoms with van der Waals surface area (Å²) in [6.07, 6.45) is 3.87. The highest BCUT2D eigenvalue weighted by atomic mass is 35.5. The maximum Gasteiger partial charge on any atom is 0.335 e. The number of carboxylic acids is 1. The van der Waals surface area contributed by atoms with Crippen molar-refractivity contribution in [3.8, 4) is 11.7 Å². The van der Waals surface area contributed by atoms with E-state index in [1.807, 2.05) is 19.2 Å². The topological polar surface area (TPSA) is 89.3 Å². The lowest BCUT2D eigenvalue weighted by Gasteiger charge is -2.11. The fourth-order valence-electron chi connectivity index (χ4n) is 2.52. The average molecular weight is 387 g/mol. The van der Waals surface area contributed by atoms with E-state index in [-0.39, 0.29) is 5.56 Å². The number of ether oxygens (including phenoxy) is 1. The zero-order chi connectivity index (χ0) is 19.2. The molecule has 0 saturated carbocycles. The van der Waals surface area contributed by atoms with E-state index in [1.54, 1.807) is 18.3 Å². The monoisotopic (exact) mass is 386 g/mol. The van der Waals surface area contributed by atoms with Crippen LogP contribution in [-0.4, -0.2) is 39.4 Å². The normalized spacial score (nSPS) is 10.7. The van der Waals surface area contributed by atoms with Gasteiger partial charge in [-0.3, -0.25) is 0 Å². The summed E-state index contributed by atoms with van der Waals surface area (Å²) in [7, 11) is 1.87. The van der Waals surface area contributed by atoms with Crippen LogP contribution in [0, 0.1) is 0 Å². The van der Waals surface area contributed by atoms with Crippen LogP contribution in [0.15, 0.2) is 48.8 Å². The molecule has 0 bridgehead atoms. The molecule has 3 rings (SSSR count). The number of hydrogen-bond acceptors (Lipinski definition) is 5. The van der Waals surface area contributed by atoms with Gasteiger partial charge in [0, 0.05) is 16.8 Å². The molecule has 0 aliphatic heterocycles. The van der Waals surface area contributed by atoms with E-state index in [2.05, 4.69) is 15.4 Å². The molecule has 0 aliphatic rings. The van der Waals surface area contributed by atoms with E-state index in [9.17, 15) is 9.90 Å². The van der Waals surface area contributed by atoms with Crippen molar-refractivity contribution in [2.24, 2.45) is 0 Å². The number of nitrogens with one attached hydrogen (secondary N) is 1. The molecular formula is C19H19ClN4O3. The Bertz CT molecular complexity index is 925. The third-order valence-corrected chi connectivity index (χ3v) is 4.19. The van der Waals surface area contributed by atoms with Crippen LogP contribution in [-0.2, 0) is 13.0 Å². The van der Waals surface area contributed by atoms with Crippen molar-refractivity contribution in [2.75, 3.05) is 13.6 Å². The standard InChI is InChI=1S/C19H19ClN4O3/c1-21-8-6-15-11-23-24(17-10-14(19(25)26)7-9-22-17)18(15)27-12-13-2-4-16(20)5-3-13/h2-5,7,9-11,21H,6,8,12H2,1H3,(H,25,26). The SMILES string of the molecule is CNCCc1cnn(-c2cc(C(=O)O)ccn2)c1OCc1ccc(Cl)cc1. The number of carboxylic acid groups (broad SMARTS) is 1. The molecule has 2 heterocycles. The number of aromatic carboxylic acids is 1. The summed E-state index contributed by atoms with van der Waals surface area (Å²) in [5.74, 6) is -0.100. The van der Waals surface area contributed by atoms with E-state index in [0.29, 0.717) is 29.7 Å². The summed E-state index contributed by atoms with van der Waals surface area (Å²) in [4.78, 5) is 15.5. The Balaban J connectivity index is 1.91. The van der Waals surface area contributed by atoms with Gasteiger partial charge in [0.2, 0.25) is 5.88 Å². The van der Waals surface area contributed by atoms with Gasteiger partial charge in [0.1, 0.15) is 6.61 Å². The van der Waals surface area contributed by atoms with Crippen molar-refractivity contribution in [2.45, 2.75) is 13.0 Å². The minimum atomic E-state index is -1.02.